The lowest BCUT2D eigenvalue weighted by Crippen LogP contribution is -2.30. The van der Waals surface area contributed by atoms with Gasteiger partial charge in [0.15, 0.2) is 17.5 Å². The molecule has 2 N–H and O–H groups in total. The molecule has 0 amide bonds. The van der Waals surface area contributed by atoms with Crippen LogP contribution in [0.2, 0.25) is 0 Å². The monoisotopic (exact) mass is 344 g/mol. The Labute approximate surface area is 147 Å². The van der Waals surface area contributed by atoms with Gasteiger partial charge in [0.2, 0.25) is 5.89 Å². The summed E-state index contributed by atoms with van der Waals surface area (Å²) in [5.41, 5.74) is 1.77. The first-order valence-electron chi connectivity index (χ1n) is 8.53. The van der Waals surface area contributed by atoms with Crippen molar-refractivity contribution in [2.45, 2.75) is 33.7 Å². The highest BCUT2D eigenvalue weighted by atomic mass is 16.5. The molecule has 0 fully saturated rings. The maximum absolute atomic E-state index is 5.73. The summed E-state index contributed by atoms with van der Waals surface area (Å²) in [6.07, 6.45) is 0.885. The molecule has 7 nitrogen and oxygen atoms in total. The highest BCUT2D eigenvalue weighted by molar-refractivity contribution is 5.93. The number of rotatable bonds is 4. The van der Waals surface area contributed by atoms with Gasteiger partial charge in [0, 0.05) is 24.7 Å². The summed E-state index contributed by atoms with van der Waals surface area (Å²) in [5.74, 6) is 3.61. The molecule has 3 rings (SSSR count). The van der Waals surface area contributed by atoms with Gasteiger partial charge in [-0.3, -0.25) is 0 Å². The molecule has 0 aliphatic carbocycles. The quantitative estimate of drug-likeness (QED) is 0.655. The third-order valence-corrected chi connectivity index (χ3v) is 3.80. The Balaban J connectivity index is 1.72. The van der Waals surface area contributed by atoms with Crippen molar-refractivity contribution in [1.29, 1.82) is 0 Å². The molecule has 134 valence electrons. The molecular formula is C18H24N4O3. The molecule has 0 atom stereocenters. The molecule has 0 saturated carbocycles. The SMILES string of the molecule is CCNC(=NCc1nc(C)c(C)o1)Nc1ccc2c(c1)OCCCO2. The average molecular weight is 344 g/mol. The fourth-order valence-corrected chi connectivity index (χ4v) is 2.44. The minimum Gasteiger partial charge on any atom is -0.490 e. The van der Waals surface area contributed by atoms with E-state index in [1.54, 1.807) is 0 Å². The van der Waals surface area contributed by atoms with Gasteiger partial charge in [0.1, 0.15) is 12.3 Å². The van der Waals surface area contributed by atoms with E-state index in [0.717, 1.165) is 41.6 Å². The Kier molecular flexibility index (Phi) is 5.42. The largest absolute Gasteiger partial charge is 0.490 e. The van der Waals surface area contributed by atoms with E-state index >= 15 is 0 Å². The summed E-state index contributed by atoms with van der Waals surface area (Å²) in [4.78, 5) is 8.88. The summed E-state index contributed by atoms with van der Waals surface area (Å²) in [6, 6.07) is 5.78. The number of nitrogens with one attached hydrogen (secondary N) is 2. The summed E-state index contributed by atoms with van der Waals surface area (Å²) >= 11 is 0. The molecule has 7 heteroatoms. The van der Waals surface area contributed by atoms with Gasteiger partial charge in [-0.05, 0) is 32.9 Å². The maximum atomic E-state index is 5.73. The molecular weight excluding hydrogens is 320 g/mol. The lowest BCUT2D eigenvalue weighted by Gasteiger charge is -2.13. The Morgan fingerprint density at radius 2 is 2.00 bits per heavy atom. The molecule has 1 aromatic carbocycles. The molecule has 25 heavy (non-hydrogen) atoms. The van der Waals surface area contributed by atoms with Crippen LogP contribution in [0, 0.1) is 13.8 Å². The predicted molar refractivity (Wildman–Crippen MR) is 96.5 cm³/mol. The van der Waals surface area contributed by atoms with Crippen LogP contribution in [0.1, 0.15) is 30.7 Å². The Bertz CT molecular complexity index is 735. The molecule has 2 heterocycles. The molecule has 0 bridgehead atoms. The lowest BCUT2D eigenvalue weighted by molar-refractivity contribution is 0.297. The summed E-state index contributed by atoms with van der Waals surface area (Å²) in [6.45, 7) is 8.30. The van der Waals surface area contributed by atoms with Crippen molar-refractivity contribution in [2.24, 2.45) is 4.99 Å². The van der Waals surface area contributed by atoms with Crippen LogP contribution < -0.4 is 20.1 Å². The first-order valence-corrected chi connectivity index (χ1v) is 8.53. The van der Waals surface area contributed by atoms with Crippen molar-refractivity contribution >= 4 is 11.6 Å². The standard InChI is InChI=1S/C18H24N4O3/c1-4-19-18(20-11-17-21-12(2)13(3)25-17)22-14-6-7-15-16(10-14)24-9-5-8-23-15/h6-7,10H,4-5,8-9,11H2,1-3H3,(H2,19,20,22). The van der Waals surface area contributed by atoms with Gasteiger partial charge < -0.3 is 24.5 Å². The number of hydrogen-bond donors (Lipinski definition) is 2. The van der Waals surface area contributed by atoms with E-state index in [1.165, 1.54) is 0 Å². The second kappa shape index (κ2) is 7.92. The van der Waals surface area contributed by atoms with Crippen LogP contribution in [0.4, 0.5) is 5.69 Å². The number of aliphatic imine (C=N–C) groups is 1. The minimum absolute atomic E-state index is 0.370. The number of nitrogens with zero attached hydrogens (tertiary/aromatic N) is 2. The predicted octanol–water partition coefficient (Wildman–Crippen LogP) is 3.03. The van der Waals surface area contributed by atoms with Gasteiger partial charge in [-0.15, -0.1) is 0 Å². The smallest absolute Gasteiger partial charge is 0.216 e. The van der Waals surface area contributed by atoms with Crippen LogP contribution in [0.15, 0.2) is 27.6 Å². The van der Waals surface area contributed by atoms with Crippen molar-refractivity contribution in [1.82, 2.24) is 10.3 Å². The molecule has 0 radical (unpaired) electrons. The van der Waals surface area contributed by atoms with Gasteiger partial charge in [-0.2, -0.15) is 0 Å². The van der Waals surface area contributed by atoms with E-state index in [4.69, 9.17) is 13.9 Å². The highest BCUT2D eigenvalue weighted by Crippen LogP contribution is 2.32. The number of aryl methyl sites for hydroxylation is 2. The highest BCUT2D eigenvalue weighted by Gasteiger charge is 2.11. The Morgan fingerprint density at radius 3 is 2.72 bits per heavy atom. The second-order valence-electron chi connectivity index (χ2n) is 5.78. The van der Waals surface area contributed by atoms with Crippen LogP contribution >= 0.6 is 0 Å². The van der Waals surface area contributed by atoms with E-state index in [9.17, 15) is 0 Å². The number of ether oxygens (including phenoxy) is 2. The zero-order valence-electron chi connectivity index (χ0n) is 14.9. The first-order chi connectivity index (χ1) is 12.2. The van der Waals surface area contributed by atoms with Crippen LogP contribution in [0.25, 0.3) is 0 Å². The van der Waals surface area contributed by atoms with E-state index in [-0.39, 0.29) is 0 Å². The zero-order valence-corrected chi connectivity index (χ0v) is 14.9. The number of anilines is 1. The third-order valence-electron chi connectivity index (χ3n) is 3.80. The van der Waals surface area contributed by atoms with E-state index < -0.39 is 0 Å². The molecule has 1 aromatic heterocycles. The first kappa shape index (κ1) is 17.1. The second-order valence-corrected chi connectivity index (χ2v) is 5.78. The number of aromatic nitrogens is 1. The van der Waals surface area contributed by atoms with Crippen LogP contribution in [0.5, 0.6) is 11.5 Å². The number of oxazole rings is 1. The van der Waals surface area contributed by atoms with Crippen molar-refractivity contribution in [3.63, 3.8) is 0 Å². The van der Waals surface area contributed by atoms with Crippen LogP contribution in [-0.2, 0) is 6.54 Å². The number of hydrogen-bond acceptors (Lipinski definition) is 5. The van der Waals surface area contributed by atoms with Gasteiger partial charge in [-0.1, -0.05) is 0 Å². The summed E-state index contributed by atoms with van der Waals surface area (Å²) in [5, 5.41) is 6.49. The third kappa shape index (κ3) is 4.43. The topological polar surface area (TPSA) is 80.9 Å². The normalized spacial score (nSPS) is 14.1. The molecule has 0 unspecified atom stereocenters. The van der Waals surface area contributed by atoms with Crippen molar-refractivity contribution in [2.75, 3.05) is 25.1 Å². The van der Waals surface area contributed by atoms with E-state index in [2.05, 4.69) is 20.6 Å². The van der Waals surface area contributed by atoms with Gasteiger partial charge in [0.05, 0.1) is 18.9 Å². The average Bonchev–Trinajstić information content (AvgIpc) is 2.79. The molecule has 1 aliphatic rings. The van der Waals surface area contributed by atoms with Gasteiger partial charge >= 0.3 is 0 Å². The van der Waals surface area contributed by atoms with E-state index in [0.29, 0.717) is 31.6 Å². The Morgan fingerprint density at radius 1 is 1.20 bits per heavy atom. The van der Waals surface area contributed by atoms with Crippen molar-refractivity contribution < 1.29 is 13.9 Å². The molecule has 2 aromatic rings. The number of fused-ring (bicyclic) bond motifs is 1. The van der Waals surface area contributed by atoms with Gasteiger partial charge in [0.25, 0.3) is 0 Å². The van der Waals surface area contributed by atoms with E-state index in [1.807, 2.05) is 39.0 Å². The fraction of sp³-hybridized carbons (Fsp3) is 0.444. The van der Waals surface area contributed by atoms with Gasteiger partial charge in [-0.25, -0.2) is 9.98 Å². The van der Waals surface area contributed by atoms with Crippen molar-refractivity contribution in [3.05, 3.63) is 35.5 Å². The summed E-state index contributed by atoms with van der Waals surface area (Å²) < 4.78 is 17.0. The Hall–Kier alpha value is -2.70. The molecule has 0 saturated heterocycles. The minimum atomic E-state index is 0.370. The van der Waals surface area contributed by atoms with Crippen molar-refractivity contribution in [3.8, 4) is 11.5 Å². The van der Waals surface area contributed by atoms with Crippen LogP contribution in [0.3, 0.4) is 0 Å². The number of benzene rings is 1. The zero-order chi connectivity index (χ0) is 17.6. The summed E-state index contributed by atoms with van der Waals surface area (Å²) in [7, 11) is 0. The maximum Gasteiger partial charge on any atom is 0.216 e. The molecule has 0 spiro atoms. The lowest BCUT2D eigenvalue weighted by atomic mass is 10.3. The number of guanidine groups is 1. The van der Waals surface area contributed by atoms with Crippen LogP contribution in [-0.4, -0.2) is 30.7 Å². The fourth-order valence-electron chi connectivity index (χ4n) is 2.44. The molecule has 1 aliphatic heterocycles.